The fraction of sp³-hybridized carbons (Fsp3) is 0.571. The maximum atomic E-state index is 11.8. The maximum absolute atomic E-state index is 11.8. The molecule has 1 fully saturated rings. The minimum atomic E-state index is -1.33. The minimum absolute atomic E-state index is 0.0907. The zero-order valence-electron chi connectivity index (χ0n) is 13.5. The van der Waals surface area contributed by atoms with Crippen molar-refractivity contribution < 1.29 is 29.6 Å². The van der Waals surface area contributed by atoms with Crippen LogP contribution in [0.25, 0.3) is 0 Å². The molecule has 5 atom stereocenters. The highest BCUT2D eigenvalue weighted by atomic mass is 32.2. The fourth-order valence-electron chi connectivity index (χ4n) is 2.39. The Kier molecular flexibility index (Phi) is 6.58. The standard InChI is InChI=1S/C14H19N3O8S/c15-6(1-2-9(19)20)13(23)25-5-7-10(21)11(22)12(26-7)17-4-3-8(18)16-14(17)24/h3-4,6-7,10-12,21-22H,1-2,5,15H2,(H,19,20)(H,16,18,24)/t6-,7-,10?,11?,12-/m1/s1. The van der Waals surface area contributed by atoms with Crippen molar-refractivity contribution in [1.29, 1.82) is 0 Å². The number of carboxylic acid groups (broad SMARTS) is 1. The van der Waals surface area contributed by atoms with E-state index in [0.29, 0.717) is 0 Å². The van der Waals surface area contributed by atoms with Crippen LogP contribution < -0.4 is 17.0 Å². The van der Waals surface area contributed by atoms with E-state index in [2.05, 4.69) is 4.98 Å². The molecule has 0 saturated carbocycles. The summed E-state index contributed by atoms with van der Waals surface area (Å²) < 4.78 is 6.05. The van der Waals surface area contributed by atoms with Gasteiger partial charge in [-0.3, -0.25) is 23.9 Å². The van der Waals surface area contributed by atoms with Gasteiger partial charge in [-0.05, 0) is 6.42 Å². The van der Waals surface area contributed by atoms with Crippen molar-refractivity contribution in [3.05, 3.63) is 33.1 Å². The van der Waals surface area contributed by atoms with Gasteiger partial charge in [0.25, 0.3) is 5.56 Å². The number of hydrogen-bond acceptors (Lipinski definition) is 9. The molecule has 0 amide bonds. The number of aliphatic carboxylic acids is 1. The number of nitrogens with one attached hydrogen (secondary N) is 1. The molecule has 2 unspecified atom stereocenters. The molecule has 1 aliphatic rings. The summed E-state index contributed by atoms with van der Waals surface area (Å²) in [5.74, 6) is -1.91. The van der Waals surface area contributed by atoms with Gasteiger partial charge >= 0.3 is 17.6 Å². The van der Waals surface area contributed by atoms with Crippen LogP contribution in [0.2, 0.25) is 0 Å². The van der Waals surface area contributed by atoms with Crippen LogP contribution in [0.3, 0.4) is 0 Å². The van der Waals surface area contributed by atoms with Gasteiger partial charge in [-0.15, -0.1) is 11.8 Å². The molecule has 1 aromatic heterocycles. The third-order valence-corrected chi connectivity index (χ3v) is 5.37. The van der Waals surface area contributed by atoms with E-state index in [1.165, 1.54) is 6.20 Å². The number of nitrogens with two attached hydrogens (primary N) is 1. The lowest BCUT2D eigenvalue weighted by Gasteiger charge is -2.17. The lowest BCUT2D eigenvalue weighted by Crippen LogP contribution is -2.38. The molecular formula is C14H19N3O8S. The molecule has 6 N–H and O–H groups in total. The topological polar surface area (TPSA) is 185 Å². The Labute approximate surface area is 150 Å². The Balaban J connectivity index is 1.97. The number of thioether (sulfide) groups is 1. The first-order chi connectivity index (χ1) is 12.2. The molecule has 0 bridgehead atoms. The lowest BCUT2D eigenvalue weighted by molar-refractivity contribution is -0.146. The van der Waals surface area contributed by atoms with Crippen LogP contribution in [-0.4, -0.2) is 66.9 Å². The number of aromatic nitrogens is 2. The predicted octanol–water partition coefficient (Wildman–Crippen LogP) is -2.39. The smallest absolute Gasteiger partial charge is 0.329 e. The molecule has 2 rings (SSSR count). The molecule has 0 aliphatic carbocycles. The summed E-state index contributed by atoms with van der Waals surface area (Å²) in [7, 11) is 0. The summed E-state index contributed by atoms with van der Waals surface area (Å²) in [4.78, 5) is 47.2. The second-order valence-electron chi connectivity index (χ2n) is 5.73. The number of aliphatic hydroxyl groups excluding tert-OH is 2. The largest absolute Gasteiger partial charge is 0.481 e. The molecule has 1 saturated heterocycles. The van der Waals surface area contributed by atoms with Crippen LogP contribution in [-0.2, 0) is 14.3 Å². The first kappa shape index (κ1) is 20.2. The van der Waals surface area contributed by atoms with Crippen LogP contribution in [0.15, 0.2) is 21.9 Å². The van der Waals surface area contributed by atoms with E-state index < -0.39 is 52.1 Å². The summed E-state index contributed by atoms with van der Waals surface area (Å²) in [5, 5.41) is 27.2. The van der Waals surface area contributed by atoms with Crippen LogP contribution in [0, 0.1) is 0 Å². The van der Waals surface area contributed by atoms with Gasteiger partial charge in [0.05, 0.1) is 11.4 Å². The van der Waals surface area contributed by atoms with Crippen LogP contribution in [0.5, 0.6) is 0 Å². The number of ether oxygens (including phenoxy) is 1. The predicted molar refractivity (Wildman–Crippen MR) is 89.6 cm³/mol. The van der Waals surface area contributed by atoms with Gasteiger partial charge in [0.1, 0.15) is 24.1 Å². The normalized spacial score (nSPS) is 26.4. The quantitative estimate of drug-likeness (QED) is 0.315. The molecule has 0 spiro atoms. The molecule has 26 heavy (non-hydrogen) atoms. The van der Waals surface area contributed by atoms with Gasteiger partial charge in [-0.1, -0.05) is 0 Å². The highest BCUT2D eigenvalue weighted by molar-refractivity contribution is 8.00. The number of H-pyrrole nitrogens is 1. The van der Waals surface area contributed by atoms with Crippen molar-refractivity contribution >= 4 is 23.7 Å². The second kappa shape index (κ2) is 8.49. The number of rotatable bonds is 7. The van der Waals surface area contributed by atoms with Crippen LogP contribution in [0.1, 0.15) is 18.2 Å². The lowest BCUT2D eigenvalue weighted by atomic mass is 10.1. The third kappa shape index (κ3) is 4.72. The molecule has 1 aliphatic heterocycles. The molecular weight excluding hydrogens is 370 g/mol. The van der Waals surface area contributed by atoms with E-state index in [4.69, 9.17) is 15.6 Å². The number of hydrogen-bond donors (Lipinski definition) is 5. The molecule has 2 heterocycles. The average Bonchev–Trinajstić information content (AvgIpc) is 2.85. The fourth-order valence-corrected chi connectivity index (χ4v) is 3.84. The monoisotopic (exact) mass is 389 g/mol. The van der Waals surface area contributed by atoms with Gasteiger partial charge in [0.2, 0.25) is 0 Å². The highest BCUT2D eigenvalue weighted by Gasteiger charge is 2.44. The van der Waals surface area contributed by atoms with E-state index in [0.717, 1.165) is 22.4 Å². The van der Waals surface area contributed by atoms with E-state index in [1.807, 2.05) is 0 Å². The molecule has 0 radical (unpaired) electrons. The van der Waals surface area contributed by atoms with Crippen LogP contribution in [0.4, 0.5) is 0 Å². The number of carboxylic acids is 1. The van der Waals surface area contributed by atoms with Gasteiger partial charge in [-0.2, -0.15) is 0 Å². The zero-order valence-corrected chi connectivity index (χ0v) is 14.3. The molecule has 11 nitrogen and oxygen atoms in total. The molecule has 144 valence electrons. The van der Waals surface area contributed by atoms with Crippen molar-refractivity contribution in [3.63, 3.8) is 0 Å². The summed E-state index contributed by atoms with van der Waals surface area (Å²) in [6.07, 6.45) is -1.79. The van der Waals surface area contributed by atoms with Crippen LogP contribution >= 0.6 is 11.8 Å². The number of carbonyl (C=O) groups is 2. The Morgan fingerprint density at radius 1 is 1.35 bits per heavy atom. The molecule has 0 aromatic carbocycles. The zero-order chi connectivity index (χ0) is 19.4. The van der Waals surface area contributed by atoms with Gasteiger partial charge in [0.15, 0.2) is 0 Å². The van der Waals surface area contributed by atoms with Crippen molar-refractivity contribution in [3.8, 4) is 0 Å². The number of esters is 1. The summed E-state index contributed by atoms with van der Waals surface area (Å²) in [6.45, 7) is -0.281. The Hall–Kier alpha value is -2.15. The molecule has 12 heteroatoms. The highest BCUT2D eigenvalue weighted by Crippen LogP contribution is 2.41. The van der Waals surface area contributed by atoms with Gasteiger partial charge in [-0.25, -0.2) is 4.79 Å². The van der Waals surface area contributed by atoms with E-state index >= 15 is 0 Å². The van der Waals surface area contributed by atoms with E-state index in [-0.39, 0.29) is 19.4 Å². The Morgan fingerprint density at radius 3 is 2.65 bits per heavy atom. The average molecular weight is 389 g/mol. The Bertz CT molecular complexity index is 778. The number of nitrogens with zero attached hydrogens (tertiary/aromatic N) is 1. The van der Waals surface area contributed by atoms with E-state index in [1.54, 1.807) is 0 Å². The number of aromatic amines is 1. The summed E-state index contributed by atoms with van der Waals surface area (Å²) >= 11 is 1.00. The summed E-state index contributed by atoms with van der Waals surface area (Å²) in [5.41, 5.74) is 4.20. The van der Waals surface area contributed by atoms with E-state index in [9.17, 15) is 29.4 Å². The minimum Gasteiger partial charge on any atom is -0.481 e. The third-order valence-electron chi connectivity index (χ3n) is 3.82. The summed E-state index contributed by atoms with van der Waals surface area (Å²) in [6, 6.07) is -0.00669. The van der Waals surface area contributed by atoms with Crippen molar-refractivity contribution in [2.45, 2.75) is 41.7 Å². The van der Waals surface area contributed by atoms with Crippen molar-refractivity contribution in [2.75, 3.05) is 6.61 Å². The van der Waals surface area contributed by atoms with Crippen molar-refractivity contribution in [2.24, 2.45) is 5.73 Å². The first-order valence-corrected chi connectivity index (χ1v) is 8.62. The number of aliphatic hydroxyl groups is 2. The SMILES string of the molecule is N[C@H](CCC(=O)O)C(=O)OC[C@H]1S[C@@H](n2ccc(=O)[nH]c2=O)C(O)C1O. The maximum Gasteiger partial charge on any atom is 0.329 e. The van der Waals surface area contributed by atoms with Crippen molar-refractivity contribution in [1.82, 2.24) is 9.55 Å². The van der Waals surface area contributed by atoms with Gasteiger partial charge in [0, 0.05) is 18.7 Å². The van der Waals surface area contributed by atoms with Gasteiger partial charge < -0.3 is 25.8 Å². The Morgan fingerprint density at radius 2 is 2.04 bits per heavy atom. The second-order valence-corrected chi connectivity index (χ2v) is 7.09. The number of carbonyl (C=O) groups excluding carboxylic acids is 1. The molecule has 1 aromatic rings. The first-order valence-electron chi connectivity index (χ1n) is 7.67.